The summed E-state index contributed by atoms with van der Waals surface area (Å²) < 4.78 is 28.3. The van der Waals surface area contributed by atoms with Gasteiger partial charge in [0, 0.05) is 29.2 Å². The van der Waals surface area contributed by atoms with Gasteiger partial charge in [0.15, 0.2) is 9.84 Å². The molecule has 0 radical (unpaired) electrons. The quantitative estimate of drug-likeness (QED) is 0.318. The molecule has 1 fully saturated rings. The molecule has 1 amide bonds. The van der Waals surface area contributed by atoms with E-state index in [4.69, 9.17) is 4.98 Å². The number of benzene rings is 2. The van der Waals surface area contributed by atoms with Gasteiger partial charge in [-0.1, -0.05) is 24.3 Å². The highest BCUT2D eigenvalue weighted by atomic mass is 32.2. The minimum absolute atomic E-state index is 0.111. The van der Waals surface area contributed by atoms with Crippen LogP contribution in [0, 0.1) is 0 Å². The monoisotopic (exact) mass is 554 g/mol. The van der Waals surface area contributed by atoms with Crippen LogP contribution in [0.2, 0.25) is 0 Å². The van der Waals surface area contributed by atoms with Crippen molar-refractivity contribution in [3.8, 4) is 21.7 Å². The van der Waals surface area contributed by atoms with Crippen LogP contribution in [0.15, 0.2) is 85.5 Å². The second-order valence-electron chi connectivity index (χ2n) is 9.59. The Morgan fingerprint density at radius 3 is 2.72 bits per heavy atom. The van der Waals surface area contributed by atoms with Crippen molar-refractivity contribution in [1.82, 2.24) is 24.4 Å². The summed E-state index contributed by atoms with van der Waals surface area (Å²) in [5, 5.41) is 12.7. The molecule has 1 saturated heterocycles. The summed E-state index contributed by atoms with van der Waals surface area (Å²) in [6.07, 6.45) is 7.50. The van der Waals surface area contributed by atoms with Crippen LogP contribution in [0.25, 0.3) is 37.4 Å². The van der Waals surface area contributed by atoms with Gasteiger partial charge in [-0.3, -0.25) is 9.48 Å². The lowest BCUT2D eigenvalue weighted by Gasteiger charge is -2.07. The number of hydrogen-bond acceptors (Lipinski definition) is 7. The summed E-state index contributed by atoms with van der Waals surface area (Å²) >= 11 is 1.61. The Labute approximate surface area is 227 Å². The first-order valence-electron chi connectivity index (χ1n) is 12.4. The number of aromatic nitrogens is 5. The number of nitrogens with one attached hydrogen (secondary N) is 1. The van der Waals surface area contributed by atoms with Crippen molar-refractivity contribution in [2.75, 3.05) is 16.8 Å². The van der Waals surface area contributed by atoms with Crippen LogP contribution in [0.5, 0.6) is 0 Å². The maximum Gasteiger partial charge on any atom is 0.259 e. The van der Waals surface area contributed by atoms with Crippen LogP contribution in [0.4, 0.5) is 5.69 Å². The van der Waals surface area contributed by atoms with Crippen LogP contribution in [0.3, 0.4) is 0 Å². The fourth-order valence-electron chi connectivity index (χ4n) is 4.93. The Balaban J connectivity index is 1.15. The van der Waals surface area contributed by atoms with Gasteiger partial charge in [-0.05, 0) is 48.4 Å². The molecule has 2 aromatic carbocycles. The second-order valence-corrected chi connectivity index (χ2v) is 12.9. The van der Waals surface area contributed by atoms with Gasteiger partial charge < -0.3 is 5.32 Å². The van der Waals surface area contributed by atoms with Crippen LogP contribution < -0.4 is 5.32 Å². The van der Waals surface area contributed by atoms with Gasteiger partial charge in [0.05, 0.1) is 51.2 Å². The van der Waals surface area contributed by atoms with Crippen molar-refractivity contribution in [2.24, 2.45) is 0 Å². The molecular weight excluding hydrogens is 532 g/mol. The van der Waals surface area contributed by atoms with Gasteiger partial charge in [0.25, 0.3) is 5.91 Å². The average molecular weight is 555 g/mol. The fraction of sp³-hybridized carbons (Fsp3) is 0.143. The molecule has 0 bridgehead atoms. The van der Waals surface area contributed by atoms with Gasteiger partial charge in [-0.2, -0.15) is 10.2 Å². The Hall–Kier alpha value is -4.35. The molecule has 6 aromatic rings. The molecule has 1 unspecified atom stereocenters. The van der Waals surface area contributed by atoms with Gasteiger partial charge in [-0.25, -0.2) is 17.9 Å². The van der Waals surface area contributed by atoms with Crippen LogP contribution >= 0.6 is 11.3 Å². The highest BCUT2D eigenvalue weighted by molar-refractivity contribution is 7.91. The van der Waals surface area contributed by atoms with Crippen molar-refractivity contribution in [1.29, 1.82) is 0 Å². The van der Waals surface area contributed by atoms with Gasteiger partial charge in [-0.15, -0.1) is 11.3 Å². The van der Waals surface area contributed by atoms with E-state index in [1.54, 1.807) is 39.1 Å². The summed E-state index contributed by atoms with van der Waals surface area (Å²) in [7, 11) is -3.01. The van der Waals surface area contributed by atoms with E-state index in [-0.39, 0.29) is 23.5 Å². The number of thiazole rings is 1. The van der Waals surface area contributed by atoms with E-state index in [0.29, 0.717) is 23.2 Å². The molecule has 194 valence electrons. The summed E-state index contributed by atoms with van der Waals surface area (Å²) in [5.74, 6) is 0.0344. The van der Waals surface area contributed by atoms with Crippen molar-refractivity contribution in [2.45, 2.75) is 12.5 Å². The Kier molecular flexibility index (Phi) is 5.56. The number of rotatable bonds is 5. The summed E-state index contributed by atoms with van der Waals surface area (Å²) in [4.78, 5) is 18.0. The minimum atomic E-state index is -3.01. The van der Waals surface area contributed by atoms with E-state index in [9.17, 15) is 13.2 Å². The Morgan fingerprint density at radius 2 is 1.87 bits per heavy atom. The maximum atomic E-state index is 13.3. The molecular formula is C28H22N6O3S2. The first-order valence-corrected chi connectivity index (χ1v) is 15.1. The highest BCUT2D eigenvalue weighted by Crippen LogP contribution is 2.32. The van der Waals surface area contributed by atoms with Gasteiger partial charge in [0.2, 0.25) is 0 Å². The van der Waals surface area contributed by atoms with E-state index in [1.165, 1.54) is 0 Å². The molecule has 0 saturated carbocycles. The van der Waals surface area contributed by atoms with E-state index >= 15 is 0 Å². The predicted molar refractivity (Wildman–Crippen MR) is 152 cm³/mol. The first-order chi connectivity index (χ1) is 18.9. The molecule has 39 heavy (non-hydrogen) atoms. The number of para-hydroxylation sites is 1. The second kappa shape index (κ2) is 9.14. The number of nitrogens with zero attached hydrogens (tertiary/aromatic N) is 5. The number of fused-ring (bicyclic) bond motifs is 2. The number of amides is 1. The zero-order chi connectivity index (χ0) is 26.6. The lowest BCUT2D eigenvalue weighted by molar-refractivity contribution is 0.102. The number of carbonyl (C=O) groups is 1. The number of sulfone groups is 1. The van der Waals surface area contributed by atoms with E-state index in [1.807, 2.05) is 66.9 Å². The van der Waals surface area contributed by atoms with E-state index in [0.717, 1.165) is 31.9 Å². The molecule has 1 aliphatic rings. The SMILES string of the molecule is O=C(Nc1cccc(-c2nc3ccccc3s2)c1)c1cnn2ccc(-c3cnn(C4CCS(=O)(=O)C4)c3)cc12. The largest absolute Gasteiger partial charge is 0.322 e. The molecule has 1 N–H and O–H groups in total. The van der Waals surface area contributed by atoms with Crippen LogP contribution in [-0.2, 0) is 9.84 Å². The van der Waals surface area contributed by atoms with Gasteiger partial charge >= 0.3 is 0 Å². The first kappa shape index (κ1) is 23.7. The molecule has 4 aromatic heterocycles. The number of hydrogen-bond donors (Lipinski definition) is 1. The number of pyridine rings is 1. The molecule has 0 aliphatic carbocycles. The lowest BCUT2D eigenvalue weighted by atomic mass is 10.1. The molecule has 9 nitrogen and oxygen atoms in total. The van der Waals surface area contributed by atoms with Gasteiger partial charge in [0.1, 0.15) is 5.01 Å². The van der Waals surface area contributed by atoms with Crippen LogP contribution in [0.1, 0.15) is 22.8 Å². The third-order valence-corrected chi connectivity index (χ3v) is 9.78. The van der Waals surface area contributed by atoms with Crippen LogP contribution in [-0.4, -0.2) is 50.2 Å². The van der Waals surface area contributed by atoms with Crippen molar-refractivity contribution in [3.63, 3.8) is 0 Å². The standard InChI is InChI=1S/C28H22N6O3S2/c35-27(31-21-5-3-4-19(12-21)28-32-24-6-1-2-7-26(24)38-28)23-15-30-33-10-8-18(13-25(23)33)20-14-29-34(16-20)22-9-11-39(36,37)17-22/h1-8,10,12-16,22H,9,11,17H2,(H,31,35). The average Bonchev–Trinajstić information content (AvgIpc) is 3.73. The molecule has 0 spiro atoms. The number of carbonyl (C=O) groups excluding carboxylic acids is 1. The summed E-state index contributed by atoms with van der Waals surface area (Å²) in [6, 6.07) is 19.3. The normalized spacial score (nSPS) is 16.7. The lowest BCUT2D eigenvalue weighted by Crippen LogP contribution is -2.11. The Morgan fingerprint density at radius 1 is 0.974 bits per heavy atom. The highest BCUT2D eigenvalue weighted by Gasteiger charge is 2.29. The molecule has 5 heterocycles. The third-order valence-electron chi connectivity index (χ3n) is 6.94. The molecule has 11 heteroatoms. The summed E-state index contributed by atoms with van der Waals surface area (Å²) in [6.45, 7) is 0. The zero-order valence-electron chi connectivity index (χ0n) is 20.6. The zero-order valence-corrected chi connectivity index (χ0v) is 22.2. The predicted octanol–water partition coefficient (Wildman–Crippen LogP) is 5.09. The van der Waals surface area contributed by atoms with Crippen molar-refractivity contribution >= 4 is 48.5 Å². The Bertz CT molecular complexity index is 1960. The van der Waals surface area contributed by atoms with E-state index in [2.05, 4.69) is 15.5 Å². The third kappa shape index (κ3) is 4.49. The number of anilines is 1. The smallest absolute Gasteiger partial charge is 0.259 e. The maximum absolute atomic E-state index is 13.3. The molecule has 1 aliphatic heterocycles. The molecule has 7 rings (SSSR count). The topological polar surface area (TPSA) is 111 Å². The van der Waals surface area contributed by atoms with Crippen molar-refractivity contribution < 1.29 is 13.2 Å². The summed E-state index contributed by atoms with van der Waals surface area (Å²) in [5.41, 5.74) is 5.36. The fourth-order valence-corrected chi connectivity index (χ4v) is 7.60. The van der Waals surface area contributed by atoms with Crippen molar-refractivity contribution in [3.05, 3.63) is 91.0 Å². The van der Waals surface area contributed by atoms with E-state index < -0.39 is 9.84 Å². The molecule has 1 atom stereocenters. The minimum Gasteiger partial charge on any atom is -0.322 e.